The van der Waals surface area contributed by atoms with Gasteiger partial charge in [-0.05, 0) is 23.3 Å². The first-order valence-corrected chi connectivity index (χ1v) is 10.2. The molecule has 0 N–H and O–H groups in total. The van der Waals surface area contributed by atoms with Gasteiger partial charge in [0, 0.05) is 10.8 Å². The van der Waals surface area contributed by atoms with Crippen LogP contribution in [0.1, 0.15) is 11.1 Å². The summed E-state index contributed by atoms with van der Waals surface area (Å²) >= 11 is 0. The molecule has 0 aliphatic rings. The average Bonchev–Trinajstić information content (AvgIpc) is 2.52. The zero-order chi connectivity index (χ0) is 16.8. The minimum absolute atomic E-state index is 0.688. The van der Waals surface area contributed by atoms with E-state index < -0.39 is 24.8 Å². The molecule has 0 radical (unpaired) electrons. The Morgan fingerprint density at radius 2 is 0.957 bits per heavy atom. The highest BCUT2D eigenvalue weighted by Crippen LogP contribution is 2.09. The quantitative estimate of drug-likeness (QED) is 0.804. The summed E-state index contributed by atoms with van der Waals surface area (Å²) in [5, 5.41) is 0.902. The molecule has 0 aliphatic carbocycles. The Kier molecular flexibility index (Phi) is 5.52. The number of hydrogen-bond donors (Lipinski definition) is 0. The van der Waals surface area contributed by atoms with Crippen LogP contribution in [0.2, 0.25) is 0 Å². The SMILES string of the molecule is O=S(=O)(C=Cc1ccccc1)CS(=O)(=O)/C=C\c1ccccc1. The maximum absolute atomic E-state index is 11.9. The smallest absolute Gasteiger partial charge is 0.186 e. The van der Waals surface area contributed by atoms with E-state index in [0.717, 1.165) is 10.8 Å². The Hall–Kier alpha value is -2.18. The Balaban J connectivity index is 2.10. The Labute approximate surface area is 136 Å². The van der Waals surface area contributed by atoms with Crippen molar-refractivity contribution in [3.8, 4) is 0 Å². The third-order valence-corrected chi connectivity index (χ3v) is 6.59. The van der Waals surface area contributed by atoms with Crippen LogP contribution in [0, 0.1) is 0 Å². The fourth-order valence-corrected chi connectivity index (χ4v) is 4.99. The van der Waals surface area contributed by atoms with Gasteiger partial charge in [0.05, 0.1) is 0 Å². The zero-order valence-corrected chi connectivity index (χ0v) is 13.9. The van der Waals surface area contributed by atoms with Gasteiger partial charge in [0.15, 0.2) is 24.8 Å². The molecular formula is C17H16O4S2. The van der Waals surface area contributed by atoms with Crippen molar-refractivity contribution < 1.29 is 16.8 Å². The lowest BCUT2D eigenvalue weighted by Gasteiger charge is -1.98. The molecule has 0 aliphatic heterocycles. The molecule has 0 fully saturated rings. The molecule has 4 nitrogen and oxygen atoms in total. The van der Waals surface area contributed by atoms with Crippen LogP contribution in [-0.2, 0) is 19.7 Å². The second-order valence-corrected chi connectivity index (χ2v) is 9.01. The zero-order valence-electron chi connectivity index (χ0n) is 12.2. The van der Waals surface area contributed by atoms with E-state index in [1.54, 1.807) is 48.5 Å². The van der Waals surface area contributed by atoms with Gasteiger partial charge in [-0.15, -0.1) is 0 Å². The first-order chi connectivity index (χ1) is 10.9. The molecule has 0 aromatic heterocycles. The molecule has 0 spiro atoms. The molecule has 2 aromatic rings. The van der Waals surface area contributed by atoms with Crippen molar-refractivity contribution in [1.82, 2.24) is 0 Å². The fourth-order valence-electron chi connectivity index (χ4n) is 1.80. The lowest BCUT2D eigenvalue weighted by Crippen LogP contribution is -2.11. The highest BCUT2D eigenvalue weighted by molar-refractivity contribution is 8.10. The van der Waals surface area contributed by atoms with Crippen molar-refractivity contribution in [3.63, 3.8) is 0 Å². The third kappa shape index (κ3) is 6.22. The van der Waals surface area contributed by atoms with E-state index in [1.165, 1.54) is 12.2 Å². The average molecular weight is 348 g/mol. The number of benzene rings is 2. The van der Waals surface area contributed by atoms with Crippen molar-refractivity contribution in [2.75, 3.05) is 5.08 Å². The van der Waals surface area contributed by atoms with E-state index in [2.05, 4.69) is 0 Å². The Morgan fingerprint density at radius 1 is 0.609 bits per heavy atom. The van der Waals surface area contributed by atoms with Crippen LogP contribution >= 0.6 is 0 Å². The monoisotopic (exact) mass is 348 g/mol. The predicted octanol–water partition coefficient (Wildman–Crippen LogP) is 3.12. The normalized spacial score (nSPS) is 12.9. The van der Waals surface area contributed by atoms with E-state index in [9.17, 15) is 16.8 Å². The first kappa shape index (κ1) is 17.2. The summed E-state index contributed by atoms with van der Waals surface area (Å²) in [5.74, 6) is 0. The summed E-state index contributed by atoms with van der Waals surface area (Å²) in [6.45, 7) is 0. The van der Waals surface area contributed by atoms with Gasteiger partial charge >= 0.3 is 0 Å². The summed E-state index contributed by atoms with van der Waals surface area (Å²) in [6.07, 6.45) is 2.76. The van der Waals surface area contributed by atoms with Crippen molar-refractivity contribution >= 4 is 31.8 Å². The van der Waals surface area contributed by atoms with Crippen LogP contribution in [-0.4, -0.2) is 21.9 Å². The molecule has 2 rings (SSSR count). The van der Waals surface area contributed by atoms with Crippen LogP contribution < -0.4 is 0 Å². The van der Waals surface area contributed by atoms with Gasteiger partial charge in [-0.1, -0.05) is 60.7 Å². The molecule has 23 heavy (non-hydrogen) atoms. The third-order valence-electron chi connectivity index (χ3n) is 2.86. The molecular weight excluding hydrogens is 332 g/mol. The van der Waals surface area contributed by atoms with E-state index in [4.69, 9.17) is 0 Å². The summed E-state index contributed by atoms with van der Waals surface area (Å²) < 4.78 is 47.7. The lowest BCUT2D eigenvalue weighted by atomic mass is 10.2. The van der Waals surface area contributed by atoms with Gasteiger partial charge in [-0.25, -0.2) is 16.8 Å². The molecule has 0 bridgehead atoms. The van der Waals surface area contributed by atoms with E-state index in [-0.39, 0.29) is 0 Å². The summed E-state index contributed by atoms with van der Waals surface area (Å²) in [7, 11) is -7.72. The van der Waals surface area contributed by atoms with Gasteiger partial charge in [0.1, 0.15) is 0 Å². The van der Waals surface area contributed by atoms with Crippen LogP contribution in [0.4, 0.5) is 0 Å². The number of hydrogen-bond acceptors (Lipinski definition) is 4. The van der Waals surface area contributed by atoms with Gasteiger partial charge in [-0.3, -0.25) is 0 Å². The van der Waals surface area contributed by atoms with Crippen molar-refractivity contribution in [2.45, 2.75) is 0 Å². The Bertz CT molecular complexity index is 818. The minimum atomic E-state index is -3.86. The molecule has 0 heterocycles. The molecule has 0 amide bonds. The molecule has 6 heteroatoms. The van der Waals surface area contributed by atoms with E-state index in [1.807, 2.05) is 12.1 Å². The van der Waals surface area contributed by atoms with Gasteiger partial charge in [0.25, 0.3) is 0 Å². The topological polar surface area (TPSA) is 68.3 Å². The minimum Gasteiger partial charge on any atom is -0.223 e. The second-order valence-electron chi connectivity index (χ2n) is 4.87. The van der Waals surface area contributed by atoms with Crippen molar-refractivity contribution in [2.24, 2.45) is 0 Å². The Morgan fingerprint density at radius 3 is 1.30 bits per heavy atom. The molecule has 0 saturated heterocycles. The van der Waals surface area contributed by atoms with Crippen LogP contribution in [0.25, 0.3) is 12.2 Å². The highest BCUT2D eigenvalue weighted by Gasteiger charge is 2.17. The van der Waals surface area contributed by atoms with E-state index in [0.29, 0.717) is 11.1 Å². The van der Waals surface area contributed by atoms with Crippen LogP contribution in [0.3, 0.4) is 0 Å². The van der Waals surface area contributed by atoms with Gasteiger partial charge in [-0.2, -0.15) is 0 Å². The second kappa shape index (κ2) is 7.39. The summed E-state index contributed by atoms with van der Waals surface area (Å²) in [6, 6.07) is 17.6. The first-order valence-electron chi connectivity index (χ1n) is 6.78. The fraction of sp³-hybridized carbons (Fsp3) is 0.0588. The highest BCUT2D eigenvalue weighted by atomic mass is 32.3. The van der Waals surface area contributed by atoms with Gasteiger partial charge in [0.2, 0.25) is 0 Å². The van der Waals surface area contributed by atoms with Crippen LogP contribution in [0.15, 0.2) is 71.5 Å². The molecule has 2 aromatic carbocycles. The predicted molar refractivity (Wildman–Crippen MR) is 93.7 cm³/mol. The lowest BCUT2D eigenvalue weighted by molar-refractivity contribution is 0.598. The molecule has 0 atom stereocenters. The van der Waals surface area contributed by atoms with Crippen molar-refractivity contribution in [1.29, 1.82) is 0 Å². The van der Waals surface area contributed by atoms with E-state index >= 15 is 0 Å². The van der Waals surface area contributed by atoms with Crippen molar-refractivity contribution in [3.05, 3.63) is 82.6 Å². The maximum atomic E-state index is 11.9. The molecule has 0 saturated carbocycles. The number of rotatable bonds is 6. The largest absolute Gasteiger partial charge is 0.223 e. The maximum Gasteiger partial charge on any atom is 0.186 e. The molecule has 0 unspecified atom stereocenters. The summed E-state index contributed by atoms with van der Waals surface area (Å²) in [4.78, 5) is 0. The van der Waals surface area contributed by atoms with Crippen LogP contribution in [0.5, 0.6) is 0 Å². The van der Waals surface area contributed by atoms with Gasteiger partial charge < -0.3 is 0 Å². The summed E-state index contributed by atoms with van der Waals surface area (Å²) in [5.41, 5.74) is 1.38. The molecule has 120 valence electrons. The standard InChI is InChI=1S/C17H16O4S2/c18-22(19,13-11-16-7-3-1-4-8-16)15-23(20,21)14-12-17-9-5-2-6-10-17/h1-14H,15H2/b13-11-,14-12?. The number of sulfone groups is 2.